The third kappa shape index (κ3) is 6.40. The highest BCUT2D eigenvalue weighted by atomic mass is 35.5. The van der Waals surface area contributed by atoms with Crippen LogP contribution < -0.4 is 9.64 Å². The topological polar surface area (TPSA) is 78.9 Å². The number of hydrogen-bond acceptors (Lipinski definition) is 6. The second kappa shape index (κ2) is 12.6. The fourth-order valence-electron chi connectivity index (χ4n) is 4.67. The third-order valence-electron chi connectivity index (χ3n) is 6.93. The molecule has 2 heterocycles. The number of rotatable bonds is 8. The van der Waals surface area contributed by atoms with E-state index in [9.17, 15) is 9.59 Å². The smallest absolute Gasteiger partial charge is 0.256 e. The molecular weight excluding hydrogens is 526 g/mol. The normalized spacial score (nSPS) is 13.2. The summed E-state index contributed by atoms with van der Waals surface area (Å²) in [5.41, 5.74) is 3.06. The van der Waals surface area contributed by atoms with Gasteiger partial charge in [0.2, 0.25) is 5.91 Å². The van der Waals surface area contributed by atoms with Crippen LogP contribution in [0.5, 0.6) is 5.75 Å². The summed E-state index contributed by atoms with van der Waals surface area (Å²) in [5.74, 6) is 1.19. The molecule has 3 aromatic carbocycles. The second-order valence-corrected chi connectivity index (χ2v) is 9.91. The van der Waals surface area contributed by atoms with E-state index in [2.05, 4.69) is 15.1 Å². The highest BCUT2D eigenvalue weighted by Crippen LogP contribution is 2.23. The molecule has 1 aliphatic heterocycles. The first kappa shape index (κ1) is 27.1. The molecule has 5 rings (SSSR count). The monoisotopic (exact) mass is 555 g/mol. The highest BCUT2D eigenvalue weighted by Gasteiger charge is 2.27. The maximum atomic E-state index is 13.4. The first-order valence-electron chi connectivity index (χ1n) is 13.1. The number of nitrogens with zero attached hydrogens (tertiary/aromatic N) is 5. The average molecular weight is 556 g/mol. The van der Waals surface area contributed by atoms with E-state index < -0.39 is 0 Å². The van der Waals surface area contributed by atoms with Crippen LogP contribution in [0, 0.1) is 0 Å². The Balaban J connectivity index is 1.22. The van der Waals surface area contributed by atoms with Gasteiger partial charge < -0.3 is 19.4 Å². The molecule has 0 aliphatic carbocycles. The molecule has 4 aromatic rings. The van der Waals surface area contributed by atoms with Crippen LogP contribution in [0.15, 0.2) is 91.0 Å². The molecule has 8 nitrogen and oxygen atoms in total. The Morgan fingerprint density at radius 1 is 0.850 bits per heavy atom. The molecule has 1 aliphatic rings. The fourth-order valence-corrected chi connectivity index (χ4v) is 4.88. The minimum Gasteiger partial charge on any atom is -0.497 e. The van der Waals surface area contributed by atoms with Crippen molar-refractivity contribution in [1.82, 2.24) is 20.0 Å². The van der Waals surface area contributed by atoms with Gasteiger partial charge in [-0.25, -0.2) is 0 Å². The van der Waals surface area contributed by atoms with Crippen LogP contribution in [-0.4, -0.2) is 71.6 Å². The van der Waals surface area contributed by atoms with Crippen LogP contribution in [0.2, 0.25) is 5.02 Å². The number of carbonyl (C=O) groups excluding carboxylic acids is 2. The largest absolute Gasteiger partial charge is 0.497 e. The minimum absolute atomic E-state index is 0.0324. The van der Waals surface area contributed by atoms with Gasteiger partial charge >= 0.3 is 0 Å². The number of anilines is 1. The molecule has 0 unspecified atom stereocenters. The van der Waals surface area contributed by atoms with Gasteiger partial charge in [0.25, 0.3) is 5.91 Å². The summed E-state index contributed by atoms with van der Waals surface area (Å²) < 4.78 is 5.22. The minimum atomic E-state index is -0.270. The van der Waals surface area contributed by atoms with Crippen LogP contribution in [0.1, 0.15) is 15.9 Å². The van der Waals surface area contributed by atoms with E-state index in [0.717, 1.165) is 28.4 Å². The van der Waals surface area contributed by atoms with E-state index in [1.165, 1.54) is 0 Å². The number of methoxy groups -OCH3 is 1. The lowest BCUT2D eigenvalue weighted by Crippen LogP contribution is -2.52. The van der Waals surface area contributed by atoms with Gasteiger partial charge in [-0.15, -0.1) is 10.2 Å². The van der Waals surface area contributed by atoms with Crippen LogP contribution >= 0.6 is 11.6 Å². The molecule has 9 heteroatoms. The van der Waals surface area contributed by atoms with E-state index in [-0.39, 0.29) is 18.4 Å². The SMILES string of the molecule is COc1ccc(-c2ccc(N3CCN(C(=O)CN(Cc4ccccc4)C(=O)c4ccccc4Cl)CC3)nn2)cc1. The summed E-state index contributed by atoms with van der Waals surface area (Å²) in [5, 5.41) is 9.19. The van der Waals surface area contributed by atoms with Crippen LogP contribution in [0.4, 0.5) is 5.82 Å². The lowest BCUT2D eigenvalue weighted by Gasteiger charge is -2.36. The van der Waals surface area contributed by atoms with Crippen molar-refractivity contribution in [2.75, 3.05) is 44.7 Å². The zero-order valence-corrected chi connectivity index (χ0v) is 23.0. The summed E-state index contributed by atoms with van der Waals surface area (Å²) >= 11 is 6.32. The van der Waals surface area contributed by atoms with Crippen molar-refractivity contribution in [2.24, 2.45) is 0 Å². The molecule has 0 bridgehead atoms. The second-order valence-electron chi connectivity index (χ2n) is 9.50. The fraction of sp³-hybridized carbons (Fsp3) is 0.226. The number of halogens is 1. The van der Waals surface area contributed by atoms with Crippen LogP contribution in [-0.2, 0) is 11.3 Å². The van der Waals surface area contributed by atoms with Crippen LogP contribution in [0.3, 0.4) is 0 Å². The quantitative estimate of drug-likeness (QED) is 0.311. The lowest BCUT2D eigenvalue weighted by molar-refractivity contribution is -0.132. The van der Waals surface area contributed by atoms with Gasteiger partial charge in [0, 0.05) is 38.3 Å². The van der Waals surface area contributed by atoms with E-state index in [0.29, 0.717) is 43.3 Å². The Morgan fingerprint density at radius 3 is 2.20 bits per heavy atom. The van der Waals surface area contributed by atoms with E-state index in [1.807, 2.05) is 66.7 Å². The molecule has 0 radical (unpaired) electrons. The summed E-state index contributed by atoms with van der Waals surface area (Å²) in [7, 11) is 1.64. The van der Waals surface area contributed by atoms with Crippen molar-refractivity contribution in [3.05, 3.63) is 107 Å². The van der Waals surface area contributed by atoms with Gasteiger partial charge in [0.05, 0.1) is 23.4 Å². The highest BCUT2D eigenvalue weighted by molar-refractivity contribution is 6.33. The maximum absolute atomic E-state index is 13.4. The number of benzene rings is 3. The van der Waals surface area contributed by atoms with Crippen molar-refractivity contribution in [1.29, 1.82) is 0 Å². The van der Waals surface area contributed by atoms with Gasteiger partial charge in [0.15, 0.2) is 5.82 Å². The van der Waals surface area contributed by atoms with Gasteiger partial charge in [-0.2, -0.15) is 0 Å². The molecule has 0 spiro atoms. The molecule has 204 valence electrons. The first-order valence-corrected chi connectivity index (χ1v) is 13.5. The number of piperazine rings is 1. The van der Waals surface area contributed by atoms with E-state index in [4.69, 9.17) is 16.3 Å². The zero-order valence-electron chi connectivity index (χ0n) is 22.2. The Labute approximate surface area is 238 Å². The third-order valence-corrected chi connectivity index (χ3v) is 7.26. The summed E-state index contributed by atoms with van der Waals surface area (Å²) in [6, 6.07) is 28.1. The number of ether oxygens (including phenoxy) is 1. The lowest BCUT2D eigenvalue weighted by atomic mass is 10.1. The first-order chi connectivity index (χ1) is 19.5. The van der Waals surface area contributed by atoms with E-state index >= 15 is 0 Å². The Kier molecular flexibility index (Phi) is 8.56. The van der Waals surface area contributed by atoms with E-state index in [1.54, 1.807) is 41.2 Å². The molecule has 1 saturated heterocycles. The van der Waals surface area contributed by atoms with Crippen molar-refractivity contribution in [3.63, 3.8) is 0 Å². The number of amides is 2. The van der Waals surface area contributed by atoms with Crippen molar-refractivity contribution in [3.8, 4) is 17.0 Å². The van der Waals surface area contributed by atoms with Gasteiger partial charge in [-0.05, 0) is 54.1 Å². The molecule has 2 amide bonds. The Bertz CT molecular complexity index is 1440. The number of carbonyl (C=O) groups is 2. The van der Waals surface area contributed by atoms with Gasteiger partial charge in [-0.3, -0.25) is 9.59 Å². The zero-order chi connectivity index (χ0) is 27.9. The van der Waals surface area contributed by atoms with Crippen molar-refractivity contribution < 1.29 is 14.3 Å². The molecule has 1 fully saturated rings. The predicted octanol–water partition coefficient (Wildman–Crippen LogP) is 4.80. The van der Waals surface area contributed by atoms with Gasteiger partial charge in [0.1, 0.15) is 12.3 Å². The molecule has 0 atom stereocenters. The predicted molar refractivity (Wildman–Crippen MR) is 155 cm³/mol. The Morgan fingerprint density at radius 2 is 1.55 bits per heavy atom. The summed E-state index contributed by atoms with van der Waals surface area (Å²) in [6.07, 6.45) is 0. The standard InChI is InChI=1S/C31H30ClN5O3/c1-40-25-13-11-24(12-14-25)28-15-16-29(34-33-28)35-17-19-36(20-18-35)30(38)22-37(21-23-7-3-2-4-8-23)31(39)26-9-5-6-10-27(26)32/h2-16H,17-22H2,1H3. The molecule has 40 heavy (non-hydrogen) atoms. The molecular formula is C31H30ClN5O3. The average Bonchev–Trinajstić information content (AvgIpc) is 3.01. The van der Waals surface area contributed by atoms with Crippen molar-refractivity contribution >= 4 is 29.2 Å². The van der Waals surface area contributed by atoms with Crippen LogP contribution in [0.25, 0.3) is 11.3 Å². The molecule has 0 N–H and O–H groups in total. The molecule has 0 saturated carbocycles. The Hall–Kier alpha value is -4.43. The number of aromatic nitrogens is 2. The maximum Gasteiger partial charge on any atom is 0.256 e. The summed E-state index contributed by atoms with van der Waals surface area (Å²) in [6.45, 7) is 2.58. The number of hydrogen-bond donors (Lipinski definition) is 0. The summed E-state index contributed by atoms with van der Waals surface area (Å²) in [4.78, 5) is 32.3. The van der Waals surface area contributed by atoms with Crippen molar-refractivity contribution in [2.45, 2.75) is 6.54 Å². The van der Waals surface area contributed by atoms with Gasteiger partial charge in [-0.1, -0.05) is 54.1 Å². The molecule has 1 aromatic heterocycles.